The van der Waals surface area contributed by atoms with Crippen LogP contribution in [0.2, 0.25) is 0 Å². The van der Waals surface area contributed by atoms with Crippen molar-refractivity contribution in [1.82, 2.24) is 4.98 Å². The van der Waals surface area contributed by atoms with Crippen molar-refractivity contribution in [3.05, 3.63) is 18.3 Å². The molecule has 1 saturated heterocycles. The third-order valence-corrected chi connectivity index (χ3v) is 3.23. The van der Waals surface area contributed by atoms with Crippen LogP contribution in [0.3, 0.4) is 0 Å². The number of pyridine rings is 1. The van der Waals surface area contributed by atoms with Gasteiger partial charge in [0.05, 0.1) is 18.3 Å². The monoisotopic (exact) mass is 235 g/mol. The molecule has 4 heteroatoms. The molecule has 0 radical (unpaired) electrons. The highest BCUT2D eigenvalue weighted by Gasteiger charge is 2.24. The van der Waals surface area contributed by atoms with Crippen molar-refractivity contribution in [3.8, 4) is 0 Å². The normalized spacial score (nSPS) is 20.5. The highest BCUT2D eigenvalue weighted by Crippen LogP contribution is 2.27. The lowest BCUT2D eigenvalue weighted by Gasteiger charge is -2.36. The lowest BCUT2D eigenvalue weighted by Crippen LogP contribution is -2.43. The summed E-state index contributed by atoms with van der Waals surface area (Å²) in [5, 5.41) is 0. The average molecular weight is 235 g/mol. The number of ether oxygens (including phenoxy) is 1. The van der Waals surface area contributed by atoms with Crippen LogP contribution in [0.15, 0.2) is 18.3 Å². The van der Waals surface area contributed by atoms with Crippen LogP contribution in [-0.2, 0) is 4.74 Å². The van der Waals surface area contributed by atoms with E-state index in [-0.39, 0.29) is 0 Å². The van der Waals surface area contributed by atoms with Crippen molar-refractivity contribution < 1.29 is 4.74 Å². The fourth-order valence-electron chi connectivity index (χ4n) is 2.36. The summed E-state index contributed by atoms with van der Waals surface area (Å²) in [4.78, 5) is 6.71. The Morgan fingerprint density at radius 2 is 2.41 bits per heavy atom. The Labute approximate surface area is 103 Å². The van der Waals surface area contributed by atoms with E-state index in [1.165, 1.54) is 12.8 Å². The lowest BCUT2D eigenvalue weighted by molar-refractivity contribution is 0.123. The molecule has 1 aromatic heterocycles. The van der Waals surface area contributed by atoms with Gasteiger partial charge in [-0.3, -0.25) is 0 Å². The SMILES string of the molecule is CCOCC1CCCCN1c1ncccc1N. The van der Waals surface area contributed by atoms with Gasteiger partial charge in [0, 0.05) is 19.3 Å². The Bertz CT molecular complexity index is 356. The van der Waals surface area contributed by atoms with E-state index in [1.54, 1.807) is 6.20 Å². The molecule has 1 aromatic rings. The van der Waals surface area contributed by atoms with Crippen LogP contribution in [0, 0.1) is 0 Å². The number of nitrogens with zero attached hydrogens (tertiary/aromatic N) is 2. The summed E-state index contributed by atoms with van der Waals surface area (Å²) < 4.78 is 5.55. The predicted molar refractivity (Wildman–Crippen MR) is 70.1 cm³/mol. The van der Waals surface area contributed by atoms with Gasteiger partial charge in [-0.2, -0.15) is 0 Å². The zero-order chi connectivity index (χ0) is 12.1. The fraction of sp³-hybridized carbons (Fsp3) is 0.615. The van der Waals surface area contributed by atoms with Crippen LogP contribution in [0.1, 0.15) is 26.2 Å². The minimum atomic E-state index is 0.417. The zero-order valence-electron chi connectivity index (χ0n) is 10.4. The summed E-state index contributed by atoms with van der Waals surface area (Å²) in [6.07, 6.45) is 5.44. The first kappa shape index (κ1) is 12.2. The van der Waals surface area contributed by atoms with E-state index in [4.69, 9.17) is 10.5 Å². The maximum absolute atomic E-state index is 6.00. The van der Waals surface area contributed by atoms with Crippen LogP contribution in [0.25, 0.3) is 0 Å². The summed E-state index contributed by atoms with van der Waals surface area (Å²) in [5.74, 6) is 0.914. The summed E-state index contributed by atoms with van der Waals surface area (Å²) in [7, 11) is 0. The number of nitrogens with two attached hydrogens (primary N) is 1. The molecule has 0 spiro atoms. The van der Waals surface area contributed by atoms with E-state index >= 15 is 0 Å². The second-order valence-electron chi connectivity index (χ2n) is 4.42. The molecule has 17 heavy (non-hydrogen) atoms. The number of hydrogen-bond acceptors (Lipinski definition) is 4. The third kappa shape index (κ3) is 2.88. The number of aromatic nitrogens is 1. The van der Waals surface area contributed by atoms with Crippen LogP contribution in [0.4, 0.5) is 11.5 Å². The van der Waals surface area contributed by atoms with E-state index in [0.29, 0.717) is 6.04 Å². The second-order valence-corrected chi connectivity index (χ2v) is 4.42. The molecular weight excluding hydrogens is 214 g/mol. The van der Waals surface area contributed by atoms with Gasteiger partial charge in [0.25, 0.3) is 0 Å². The lowest BCUT2D eigenvalue weighted by atomic mass is 10.0. The largest absolute Gasteiger partial charge is 0.396 e. The molecule has 1 atom stereocenters. The maximum Gasteiger partial charge on any atom is 0.152 e. The zero-order valence-corrected chi connectivity index (χ0v) is 10.4. The topological polar surface area (TPSA) is 51.4 Å². The molecule has 2 rings (SSSR count). The van der Waals surface area contributed by atoms with Crippen molar-refractivity contribution >= 4 is 11.5 Å². The number of nitrogen functional groups attached to an aromatic ring is 1. The molecule has 94 valence electrons. The smallest absolute Gasteiger partial charge is 0.152 e. The Hall–Kier alpha value is -1.29. The van der Waals surface area contributed by atoms with Gasteiger partial charge in [0.2, 0.25) is 0 Å². The van der Waals surface area contributed by atoms with Crippen LogP contribution in [0.5, 0.6) is 0 Å². The van der Waals surface area contributed by atoms with Crippen molar-refractivity contribution in [3.63, 3.8) is 0 Å². The van der Waals surface area contributed by atoms with E-state index < -0.39 is 0 Å². The second kappa shape index (κ2) is 5.87. The Kier molecular flexibility index (Phi) is 4.20. The molecule has 1 aliphatic rings. The minimum Gasteiger partial charge on any atom is -0.396 e. The van der Waals surface area contributed by atoms with Gasteiger partial charge in [-0.05, 0) is 38.3 Å². The van der Waals surface area contributed by atoms with Gasteiger partial charge in [-0.15, -0.1) is 0 Å². The first-order chi connectivity index (χ1) is 8.33. The fourth-order valence-corrected chi connectivity index (χ4v) is 2.36. The van der Waals surface area contributed by atoms with Gasteiger partial charge in [0.1, 0.15) is 0 Å². The molecule has 4 nitrogen and oxygen atoms in total. The molecule has 0 amide bonds. The van der Waals surface area contributed by atoms with Crippen molar-refractivity contribution in [2.24, 2.45) is 0 Å². The molecular formula is C13H21N3O. The molecule has 0 aliphatic carbocycles. The van der Waals surface area contributed by atoms with Crippen molar-refractivity contribution in [2.45, 2.75) is 32.2 Å². The molecule has 0 bridgehead atoms. The van der Waals surface area contributed by atoms with E-state index in [1.807, 2.05) is 19.1 Å². The van der Waals surface area contributed by atoms with Gasteiger partial charge in [-0.1, -0.05) is 0 Å². The molecule has 2 N–H and O–H groups in total. The van der Waals surface area contributed by atoms with E-state index in [2.05, 4.69) is 9.88 Å². The average Bonchev–Trinajstić information content (AvgIpc) is 2.37. The van der Waals surface area contributed by atoms with Gasteiger partial charge < -0.3 is 15.4 Å². The summed E-state index contributed by atoms with van der Waals surface area (Å²) in [6, 6.07) is 4.20. The van der Waals surface area contributed by atoms with Crippen LogP contribution in [-0.4, -0.2) is 30.8 Å². The first-order valence-electron chi connectivity index (χ1n) is 6.37. The highest BCUT2D eigenvalue weighted by atomic mass is 16.5. The van der Waals surface area contributed by atoms with E-state index in [0.717, 1.165) is 37.7 Å². The Morgan fingerprint density at radius 3 is 3.18 bits per heavy atom. The molecule has 0 saturated carbocycles. The summed E-state index contributed by atoms with van der Waals surface area (Å²) >= 11 is 0. The molecule has 0 aromatic carbocycles. The quantitative estimate of drug-likeness (QED) is 0.868. The van der Waals surface area contributed by atoms with Crippen molar-refractivity contribution in [2.75, 3.05) is 30.4 Å². The minimum absolute atomic E-state index is 0.417. The van der Waals surface area contributed by atoms with Gasteiger partial charge >= 0.3 is 0 Å². The number of piperidine rings is 1. The molecule has 1 aliphatic heterocycles. The standard InChI is InChI=1S/C13H21N3O/c1-2-17-10-11-6-3-4-9-16(11)13-12(14)7-5-8-15-13/h5,7-8,11H,2-4,6,9-10,14H2,1H3. The number of rotatable bonds is 4. The third-order valence-electron chi connectivity index (χ3n) is 3.23. The first-order valence-corrected chi connectivity index (χ1v) is 6.37. The highest BCUT2D eigenvalue weighted by molar-refractivity contribution is 5.62. The molecule has 1 unspecified atom stereocenters. The van der Waals surface area contributed by atoms with Crippen LogP contribution >= 0.6 is 0 Å². The molecule has 1 fully saturated rings. The Balaban J connectivity index is 2.13. The van der Waals surface area contributed by atoms with Gasteiger partial charge in [0.15, 0.2) is 5.82 Å². The van der Waals surface area contributed by atoms with Gasteiger partial charge in [-0.25, -0.2) is 4.98 Å². The predicted octanol–water partition coefficient (Wildman–Crippen LogP) is 2.06. The van der Waals surface area contributed by atoms with E-state index in [9.17, 15) is 0 Å². The summed E-state index contributed by atoms with van der Waals surface area (Å²) in [5.41, 5.74) is 6.76. The van der Waals surface area contributed by atoms with Crippen molar-refractivity contribution in [1.29, 1.82) is 0 Å². The molecule has 2 heterocycles. The Morgan fingerprint density at radius 1 is 1.53 bits per heavy atom. The summed E-state index contributed by atoms with van der Waals surface area (Å²) in [6.45, 7) is 4.59. The number of anilines is 2. The number of hydrogen-bond donors (Lipinski definition) is 1. The van der Waals surface area contributed by atoms with Crippen LogP contribution < -0.4 is 10.6 Å². The maximum atomic E-state index is 6.00.